The van der Waals surface area contributed by atoms with E-state index in [1.54, 1.807) is 0 Å². The van der Waals surface area contributed by atoms with Crippen molar-refractivity contribution in [1.82, 2.24) is 0 Å². The van der Waals surface area contributed by atoms with Crippen molar-refractivity contribution < 1.29 is 0 Å². The fourth-order valence-electron chi connectivity index (χ4n) is 2.83. The second-order valence-electron chi connectivity index (χ2n) is 5.15. The summed E-state index contributed by atoms with van der Waals surface area (Å²) in [6.07, 6.45) is 18.5. The van der Waals surface area contributed by atoms with Gasteiger partial charge in [-0.3, -0.25) is 0 Å². The van der Waals surface area contributed by atoms with E-state index in [1.165, 1.54) is 22.3 Å². The maximum Gasteiger partial charge on any atom is 0.0158 e. The van der Waals surface area contributed by atoms with Gasteiger partial charge in [-0.1, -0.05) is 38.2 Å². The predicted octanol–water partition coefficient (Wildman–Crippen LogP) is 4.42. The van der Waals surface area contributed by atoms with Gasteiger partial charge in [0.25, 0.3) is 0 Å². The van der Waals surface area contributed by atoms with Gasteiger partial charge in [0.05, 0.1) is 0 Å². The fraction of sp³-hybridized carbons (Fsp3) is 0.235. The molecule has 0 saturated carbocycles. The van der Waals surface area contributed by atoms with E-state index in [0.717, 1.165) is 6.42 Å². The number of hydrogen-bond donors (Lipinski definition) is 0. The van der Waals surface area contributed by atoms with Crippen molar-refractivity contribution in [2.24, 2.45) is 5.41 Å². The highest BCUT2D eigenvalue weighted by atomic mass is 14.4. The highest BCUT2D eigenvalue weighted by molar-refractivity contribution is 5.69. The topological polar surface area (TPSA) is 0 Å². The van der Waals surface area contributed by atoms with Crippen LogP contribution in [0.2, 0.25) is 0 Å². The Morgan fingerprint density at radius 3 is 2.71 bits per heavy atom. The van der Waals surface area contributed by atoms with Gasteiger partial charge in [0, 0.05) is 5.41 Å². The van der Waals surface area contributed by atoms with E-state index in [0.29, 0.717) is 0 Å². The Kier molecular flexibility index (Phi) is 2.21. The molecule has 0 aromatic heterocycles. The first-order valence-corrected chi connectivity index (χ1v) is 6.13. The molecule has 0 nitrogen and oxygen atoms in total. The van der Waals surface area contributed by atoms with Crippen molar-refractivity contribution in [2.45, 2.75) is 20.3 Å². The number of hydrogen-bond acceptors (Lipinski definition) is 0. The molecule has 0 aliphatic heterocycles. The summed E-state index contributed by atoms with van der Waals surface area (Å²) in [5, 5.41) is 0. The van der Waals surface area contributed by atoms with Crippen molar-refractivity contribution in [3.63, 3.8) is 0 Å². The molecule has 0 aromatic carbocycles. The lowest BCUT2D eigenvalue weighted by Gasteiger charge is -2.23. The standard InChI is InChI=1S/C17H16/c1-17(2)15-11-7-3-5-9-13(15)14-10-6-4-8-12-16(14)17/h5-12H,3H2,1-2H3. The third-order valence-corrected chi connectivity index (χ3v) is 3.75. The summed E-state index contributed by atoms with van der Waals surface area (Å²) in [5.74, 6) is 0. The van der Waals surface area contributed by atoms with Crippen LogP contribution in [0.3, 0.4) is 0 Å². The van der Waals surface area contributed by atoms with Crippen molar-refractivity contribution in [1.29, 1.82) is 0 Å². The molecule has 0 bridgehead atoms. The van der Waals surface area contributed by atoms with Crippen LogP contribution in [-0.2, 0) is 0 Å². The van der Waals surface area contributed by atoms with Crippen LogP contribution in [-0.4, -0.2) is 0 Å². The highest BCUT2D eigenvalue weighted by Crippen LogP contribution is 2.51. The zero-order chi connectivity index (χ0) is 11.9. The summed E-state index contributed by atoms with van der Waals surface area (Å²) in [5.41, 5.74) is 8.83. The third-order valence-electron chi connectivity index (χ3n) is 3.75. The van der Waals surface area contributed by atoms with Gasteiger partial charge in [-0.25, -0.2) is 0 Å². The van der Waals surface area contributed by atoms with Gasteiger partial charge in [-0.2, -0.15) is 0 Å². The minimum atomic E-state index is 0.0999. The summed E-state index contributed by atoms with van der Waals surface area (Å²) < 4.78 is 0. The first kappa shape index (κ1) is 10.4. The zero-order valence-electron chi connectivity index (χ0n) is 10.3. The molecule has 0 amide bonds. The Morgan fingerprint density at radius 2 is 1.82 bits per heavy atom. The lowest BCUT2D eigenvalue weighted by molar-refractivity contribution is 0.578. The smallest absolute Gasteiger partial charge is 0.0158 e. The molecule has 0 radical (unpaired) electrons. The number of fused-ring (bicyclic) bond motifs is 2. The molecule has 0 aromatic rings. The minimum absolute atomic E-state index is 0.0999. The zero-order valence-corrected chi connectivity index (χ0v) is 10.3. The molecule has 3 aliphatic rings. The Balaban J connectivity index is 2.28. The second kappa shape index (κ2) is 3.61. The average molecular weight is 220 g/mol. The molecule has 84 valence electrons. The normalized spacial score (nSPS) is 23.9. The van der Waals surface area contributed by atoms with Crippen LogP contribution in [0.25, 0.3) is 0 Å². The van der Waals surface area contributed by atoms with Crippen LogP contribution < -0.4 is 0 Å². The van der Waals surface area contributed by atoms with E-state index in [9.17, 15) is 0 Å². The molecule has 0 atom stereocenters. The van der Waals surface area contributed by atoms with E-state index in [1.807, 2.05) is 12.2 Å². The van der Waals surface area contributed by atoms with Crippen molar-refractivity contribution in [3.05, 3.63) is 76.6 Å². The molecule has 0 saturated heterocycles. The van der Waals surface area contributed by atoms with Crippen LogP contribution >= 0.6 is 0 Å². The van der Waals surface area contributed by atoms with E-state index < -0.39 is 0 Å². The predicted molar refractivity (Wildman–Crippen MR) is 72.5 cm³/mol. The van der Waals surface area contributed by atoms with Gasteiger partial charge in [0.2, 0.25) is 0 Å². The van der Waals surface area contributed by atoms with Gasteiger partial charge in [-0.15, -0.1) is 5.73 Å². The SMILES string of the molecule is CC1(C)C2=CC=C=CC=C2C2=C1C=CCC=C2. The molecular formula is C17H16. The quantitative estimate of drug-likeness (QED) is 0.530. The maximum atomic E-state index is 3.16. The summed E-state index contributed by atoms with van der Waals surface area (Å²) in [7, 11) is 0. The van der Waals surface area contributed by atoms with Crippen LogP contribution in [0.1, 0.15) is 20.3 Å². The van der Waals surface area contributed by atoms with Gasteiger partial charge in [0.1, 0.15) is 0 Å². The molecule has 17 heavy (non-hydrogen) atoms. The molecular weight excluding hydrogens is 204 g/mol. The summed E-state index contributed by atoms with van der Waals surface area (Å²) in [4.78, 5) is 0. The first-order chi connectivity index (χ1) is 8.21. The minimum Gasteiger partial charge on any atom is -0.121 e. The fourth-order valence-corrected chi connectivity index (χ4v) is 2.83. The molecule has 0 heteroatoms. The third kappa shape index (κ3) is 1.45. The largest absolute Gasteiger partial charge is 0.121 e. The van der Waals surface area contributed by atoms with Crippen LogP contribution in [0.15, 0.2) is 76.6 Å². The van der Waals surface area contributed by atoms with E-state index >= 15 is 0 Å². The lowest BCUT2D eigenvalue weighted by atomic mass is 9.80. The summed E-state index contributed by atoms with van der Waals surface area (Å²) in [6.45, 7) is 4.61. The summed E-state index contributed by atoms with van der Waals surface area (Å²) in [6, 6.07) is 0. The number of allylic oxidation sites excluding steroid dienone is 11. The molecule has 0 spiro atoms. The maximum absolute atomic E-state index is 3.16. The Morgan fingerprint density at radius 1 is 1.06 bits per heavy atom. The lowest BCUT2D eigenvalue weighted by Crippen LogP contribution is -2.12. The van der Waals surface area contributed by atoms with Gasteiger partial charge in [-0.05, 0) is 53.0 Å². The van der Waals surface area contributed by atoms with E-state index in [-0.39, 0.29) is 5.41 Å². The first-order valence-electron chi connectivity index (χ1n) is 6.13. The Labute approximate surface area is 103 Å². The van der Waals surface area contributed by atoms with Gasteiger partial charge < -0.3 is 0 Å². The molecule has 0 fully saturated rings. The molecule has 0 N–H and O–H groups in total. The molecule has 0 unspecified atom stereocenters. The molecule has 3 rings (SSSR count). The Bertz CT molecular complexity index is 578. The number of rotatable bonds is 0. The van der Waals surface area contributed by atoms with Gasteiger partial charge in [0.15, 0.2) is 0 Å². The van der Waals surface area contributed by atoms with Crippen LogP contribution in [0, 0.1) is 5.41 Å². The van der Waals surface area contributed by atoms with Gasteiger partial charge >= 0.3 is 0 Å². The monoisotopic (exact) mass is 220 g/mol. The summed E-state index contributed by atoms with van der Waals surface area (Å²) >= 11 is 0. The molecule has 0 heterocycles. The van der Waals surface area contributed by atoms with Crippen LogP contribution in [0.5, 0.6) is 0 Å². The Hall–Kier alpha value is -1.78. The second-order valence-corrected chi connectivity index (χ2v) is 5.15. The van der Waals surface area contributed by atoms with E-state index in [2.05, 4.69) is 56.0 Å². The van der Waals surface area contributed by atoms with E-state index in [4.69, 9.17) is 0 Å². The van der Waals surface area contributed by atoms with Crippen LogP contribution in [0.4, 0.5) is 0 Å². The van der Waals surface area contributed by atoms with Crippen molar-refractivity contribution in [2.75, 3.05) is 0 Å². The van der Waals surface area contributed by atoms with Crippen molar-refractivity contribution in [3.8, 4) is 0 Å². The van der Waals surface area contributed by atoms with Crippen molar-refractivity contribution >= 4 is 0 Å². The molecule has 3 aliphatic carbocycles. The highest BCUT2D eigenvalue weighted by Gasteiger charge is 2.38. The average Bonchev–Trinajstić information content (AvgIpc) is 2.62.